The van der Waals surface area contributed by atoms with Crippen LogP contribution in [0, 0.1) is 0 Å². The Balaban J connectivity index is 1.71. The molecule has 0 saturated carbocycles. The topological polar surface area (TPSA) is 52.6 Å². The molecule has 0 saturated heterocycles. The highest BCUT2D eigenvalue weighted by atomic mass is 32.1. The number of ether oxygens (including phenoxy) is 2. The average Bonchev–Trinajstić information content (AvgIpc) is 2.56. The zero-order valence-electron chi connectivity index (χ0n) is 13.4. The van der Waals surface area contributed by atoms with Crippen molar-refractivity contribution < 1.29 is 14.3 Å². The number of fused-ring (bicyclic) bond motifs is 1. The van der Waals surface area contributed by atoms with Crippen molar-refractivity contribution in [3.8, 4) is 5.75 Å². The molecule has 2 rings (SSSR count). The van der Waals surface area contributed by atoms with E-state index in [2.05, 4.69) is 0 Å². The molecular formula is C18H22O4S. The molecule has 0 radical (unpaired) electrons. The van der Waals surface area contributed by atoms with E-state index in [1.807, 2.05) is 24.3 Å². The minimum Gasteiger partial charge on any atom is -0.493 e. The molecule has 0 spiro atoms. The third-order valence-corrected chi connectivity index (χ3v) is 4.35. The average molecular weight is 334 g/mol. The molecule has 0 bridgehead atoms. The molecule has 0 aliphatic carbocycles. The number of carbonyl (C=O) groups is 1. The molecular weight excluding hydrogens is 312 g/mol. The molecule has 0 aliphatic rings. The second-order valence-electron chi connectivity index (χ2n) is 5.26. The maximum Gasteiger partial charge on any atom is 0.305 e. The summed E-state index contributed by atoms with van der Waals surface area (Å²) >= 11 is 1.24. The van der Waals surface area contributed by atoms with Crippen LogP contribution in [-0.2, 0) is 9.53 Å². The quantitative estimate of drug-likeness (QED) is 0.510. The lowest BCUT2D eigenvalue weighted by Crippen LogP contribution is -2.04. The lowest BCUT2D eigenvalue weighted by Gasteiger charge is -2.08. The third kappa shape index (κ3) is 5.67. The summed E-state index contributed by atoms with van der Waals surface area (Å²) < 4.78 is 11.8. The standard InChI is InChI=1S/C18H22O4S/c1-2-17(19)22-12-8-4-3-7-11-21-15-13-18(20)23-16-10-6-5-9-14(15)16/h5-6,9-10,13H,2-4,7-8,11-12H2,1H3. The Hall–Kier alpha value is -1.88. The van der Waals surface area contributed by atoms with Gasteiger partial charge in [-0.25, -0.2) is 0 Å². The van der Waals surface area contributed by atoms with Gasteiger partial charge in [-0.05, 0) is 37.8 Å². The number of esters is 1. The van der Waals surface area contributed by atoms with Crippen molar-refractivity contribution >= 4 is 27.4 Å². The molecule has 0 N–H and O–H groups in total. The summed E-state index contributed by atoms with van der Waals surface area (Å²) in [7, 11) is 0. The highest BCUT2D eigenvalue weighted by molar-refractivity contribution is 7.16. The maximum absolute atomic E-state index is 11.7. The van der Waals surface area contributed by atoms with Gasteiger partial charge in [0.15, 0.2) is 0 Å². The largest absolute Gasteiger partial charge is 0.493 e. The minimum atomic E-state index is -0.140. The van der Waals surface area contributed by atoms with Gasteiger partial charge in [0.25, 0.3) is 0 Å². The molecule has 4 nitrogen and oxygen atoms in total. The monoisotopic (exact) mass is 334 g/mol. The van der Waals surface area contributed by atoms with Gasteiger partial charge in [0.05, 0.1) is 13.2 Å². The minimum absolute atomic E-state index is 0.0106. The molecule has 0 fully saturated rings. The van der Waals surface area contributed by atoms with Crippen molar-refractivity contribution in [3.05, 3.63) is 39.9 Å². The smallest absolute Gasteiger partial charge is 0.305 e. The number of unbranched alkanes of at least 4 members (excludes halogenated alkanes) is 3. The van der Waals surface area contributed by atoms with Crippen LogP contribution in [0.5, 0.6) is 5.75 Å². The van der Waals surface area contributed by atoms with Crippen LogP contribution >= 0.6 is 11.3 Å². The molecule has 23 heavy (non-hydrogen) atoms. The van der Waals surface area contributed by atoms with E-state index < -0.39 is 0 Å². The molecule has 2 aromatic rings. The summed E-state index contributed by atoms with van der Waals surface area (Å²) in [6.45, 7) is 2.88. The Morgan fingerprint density at radius 1 is 1.09 bits per heavy atom. The first-order valence-electron chi connectivity index (χ1n) is 8.02. The van der Waals surface area contributed by atoms with Crippen molar-refractivity contribution in [2.45, 2.75) is 39.0 Å². The van der Waals surface area contributed by atoms with Crippen molar-refractivity contribution in [3.63, 3.8) is 0 Å². The highest BCUT2D eigenvalue weighted by Gasteiger charge is 2.04. The van der Waals surface area contributed by atoms with E-state index in [1.54, 1.807) is 13.0 Å². The Kier molecular flexibility index (Phi) is 7.07. The van der Waals surface area contributed by atoms with Crippen LogP contribution in [0.25, 0.3) is 10.1 Å². The van der Waals surface area contributed by atoms with Gasteiger partial charge in [-0.2, -0.15) is 0 Å². The van der Waals surface area contributed by atoms with Crippen LogP contribution in [0.15, 0.2) is 35.1 Å². The van der Waals surface area contributed by atoms with Gasteiger partial charge in [-0.1, -0.05) is 30.4 Å². The molecule has 1 aromatic heterocycles. The summed E-state index contributed by atoms with van der Waals surface area (Å²) in [6, 6.07) is 9.35. The van der Waals surface area contributed by atoms with Crippen molar-refractivity contribution in [1.82, 2.24) is 0 Å². The number of carbonyl (C=O) groups excluding carboxylic acids is 1. The van der Waals surface area contributed by atoms with E-state index in [1.165, 1.54) is 11.3 Å². The first-order chi connectivity index (χ1) is 11.2. The number of rotatable bonds is 9. The van der Waals surface area contributed by atoms with Crippen LogP contribution in [0.4, 0.5) is 0 Å². The maximum atomic E-state index is 11.7. The van der Waals surface area contributed by atoms with Crippen molar-refractivity contribution in [2.75, 3.05) is 13.2 Å². The highest BCUT2D eigenvalue weighted by Crippen LogP contribution is 2.26. The van der Waals surface area contributed by atoms with E-state index in [4.69, 9.17) is 9.47 Å². The SMILES string of the molecule is CCC(=O)OCCCCCCOc1cc(=O)sc2ccccc12. The summed E-state index contributed by atoms with van der Waals surface area (Å²) in [6.07, 6.45) is 4.25. The van der Waals surface area contributed by atoms with Gasteiger partial charge in [0.2, 0.25) is 4.74 Å². The summed E-state index contributed by atoms with van der Waals surface area (Å²) in [4.78, 5) is 22.7. The van der Waals surface area contributed by atoms with Gasteiger partial charge in [-0.15, -0.1) is 0 Å². The fourth-order valence-electron chi connectivity index (χ4n) is 2.23. The first-order valence-corrected chi connectivity index (χ1v) is 8.83. The number of hydrogen-bond donors (Lipinski definition) is 0. The molecule has 0 amide bonds. The lowest BCUT2D eigenvalue weighted by molar-refractivity contribution is -0.143. The van der Waals surface area contributed by atoms with Crippen LogP contribution in [0.1, 0.15) is 39.0 Å². The van der Waals surface area contributed by atoms with Gasteiger partial charge < -0.3 is 9.47 Å². The first kappa shape index (κ1) is 17.5. The summed E-state index contributed by atoms with van der Waals surface area (Å²) in [5.41, 5.74) is 0. The Morgan fingerprint density at radius 2 is 1.83 bits per heavy atom. The molecule has 1 heterocycles. The van der Waals surface area contributed by atoms with E-state index in [-0.39, 0.29) is 10.7 Å². The van der Waals surface area contributed by atoms with Gasteiger partial charge in [0, 0.05) is 22.6 Å². The van der Waals surface area contributed by atoms with Crippen LogP contribution in [-0.4, -0.2) is 19.2 Å². The van der Waals surface area contributed by atoms with Crippen LogP contribution in [0.3, 0.4) is 0 Å². The fourth-order valence-corrected chi connectivity index (χ4v) is 3.04. The molecule has 124 valence electrons. The normalized spacial score (nSPS) is 10.7. The lowest BCUT2D eigenvalue weighted by atomic mass is 10.2. The number of benzene rings is 1. The molecule has 0 atom stereocenters. The van der Waals surface area contributed by atoms with Crippen LogP contribution in [0.2, 0.25) is 0 Å². The second kappa shape index (κ2) is 9.30. The second-order valence-corrected chi connectivity index (χ2v) is 6.31. The third-order valence-electron chi connectivity index (χ3n) is 3.46. The Morgan fingerprint density at radius 3 is 2.61 bits per heavy atom. The van der Waals surface area contributed by atoms with Crippen molar-refractivity contribution in [2.24, 2.45) is 0 Å². The van der Waals surface area contributed by atoms with Gasteiger partial charge >= 0.3 is 5.97 Å². The van der Waals surface area contributed by atoms with E-state index in [0.29, 0.717) is 25.4 Å². The van der Waals surface area contributed by atoms with Gasteiger partial charge in [0.1, 0.15) is 5.75 Å². The fraction of sp³-hybridized carbons (Fsp3) is 0.444. The molecule has 0 aliphatic heterocycles. The molecule has 5 heteroatoms. The van der Waals surface area contributed by atoms with Gasteiger partial charge in [-0.3, -0.25) is 9.59 Å². The zero-order chi connectivity index (χ0) is 16.5. The predicted molar refractivity (Wildman–Crippen MR) is 93.3 cm³/mol. The summed E-state index contributed by atoms with van der Waals surface area (Å²) in [5, 5.41) is 0.989. The number of hydrogen-bond acceptors (Lipinski definition) is 5. The predicted octanol–water partition coefficient (Wildman–Crippen LogP) is 4.15. The Bertz CT molecular complexity index is 693. The zero-order valence-corrected chi connectivity index (χ0v) is 14.2. The summed E-state index contributed by atoms with van der Waals surface area (Å²) in [5.74, 6) is 0.528. The van der Waals surface area contributed by atoms with E-state index in [9.17, 15) is 9.59 Å². The Labute approximate surface area is 140 Å². The molecule has 1 aromatic carbocycles. The van der Waals surface area contributed by atoms with Crippen LogP contribution < -0.4 is 9.48 Å². The van der Waals surface area contributed by atoms with E-state index in [0.717, 1.165) is 35.8 Å². The molecule has 0 unspecified atom stereocenters. The van der Waals surface area contributed by atoms with E-state index >= 15 is 0 Å². The van der Waals surface area contributed by atoms with Crippen molar-refractivity contribution in [1.29, 1.82) is 0 Å².